The third-order valence-corrected chi connectivity index (χ3v) is 4.79. The van der Waals surface area contributed by atoms with Gasteiger partial charge in [0.15, 0.2) is 0 Å². The molecule has 102 valence electrons. The van der Waals surface area contributed by atoms with Crippen molar-refractivity contribution < 1.29 is 8.42 Å². The Morgan fingerprint density at radius 1 is 1.22 bits per heavy atom. The minimum absolute atomic E-state index is 0.497. The molecule has 1 aliphatic rings. The molecule has 0 bridgehead atoms. The zero-order valence-corrected chi connectivity index (χ0v) is 11.8. The van der Waals surface area contributed by atoms with Crippen LogP contribution >= 0.6 is 0 Å². The molecule has 2 rings (SSSR count). The van der Waals surface area contributed by atoms with E-state index in [0.29, 0.717) is 5.95 Å². The van der Waals surface area contributed by atoms with Crippen molar-refractivity contribution in [2.45, 2.75) is 0 Å². The molecule has 0 aromatic carbocycles. The summed E-state index contributed by atoms with van der Waals surface area (Å²) in [6, 6.07) is 0. The van der Waals surface area contributed by atoms with E-state index in [4.69, 9.17) is 0 Å². The molecule has 18 heavy (non-hydrogen) atoms. The first-order valence-electron chi connectivity index (χ1n) is 5.83. The number of anilines is 1. The normalized spacial score (nSPS) is 18.6. The highest BCUT2D eigenvalue weighted by Crippen LogP contribution is 2.17. The van der Waals surface area contributed by atoms with Gasteiger partial charge in [0.05, 0.1) is 0 Å². The molecule has 1 fully saturated rings. The highest BCUT2D eigenvalue weighted by Gasteiger charge is 2.25. The van der Waals surface area contributed by atoms with E-state index in [2.05, 4.69) is 16.9 Å². The van der Waals surface area contributed by atoms with E-state index in [9.17, 15) is 8.42 Å². The number of likely N-dealkylation sites (N-methyl/N-ethyl adjacent to an activating group) is 1. The highest BCUT2D eigenvalue weighted by molar-refractivity contribution is 7.87. The van der Waals surface area contributed by atoms with E-state index in [1.165, 1.54) is 34.8 Å². The van der Waals surface area contributed by atoms with Gasteiger partial charge in [-0.3, -0.25) is 0 Å². The molecule has 7 nitrogen and oxygen atoms in total. The van der Waals surface area contributed by atoms with Crippen LogP contribution in [0.25, 0.3) is 0 Å². The van der Waals surface area contributed by atoms with E-state index in [1.807, 2.05) is 4.90 Å². The fraction of sp³-hybridized carbons (Fsp3) is 0.700. The van der Waals surface area contributed by atoms with Crippen LogP contribution in [0.4, 0.5) is 5.95 Å². The molecule has 0 spiro atoms. The zero-order valence-electron chi connectivity index (χ0n) is 10.9. The van der Waals surface area contributed by atoms with Gasteiger partial charge in [-0.2, -0.15) is 16.7 Å². The van der Waals surface area contributed by atoms with Crippen molar-refractivity contribution in [3.8, 4) is 0 Å². The molecule has 0 radical (unpaired) electrons. The quantitative estimate of drug-likeness (QED) is 0.728. The van der Waals surface area contributed by atoms with Gasteiger partial charge in [-0.15, -0.1) is 0 Å². The minimum Gasteiger partial charge on any atom is -0.339 e. The van der Waals surface area contributed by atoms with E-state index < -0.39 is 10.2 Å². The van der Waals surface area contributed by atoms with Crippen LogP contribution in [0.5, 0.6) is 0 Å². The molecule has 0 saturated carbocycles. The number of hydrogen-bond donors (Lipinski definition) is 0. The Morgan fingerprint density at radius 2 is 1.83 bits per heavy atom. The average molecular weight is 273 g/mol. The van der Waals surface area contributed by atoms with E-state index >= 15 is 0 Å². The Balaban J connectivity index is 2.29. The van der Waals surface area contributed by atoms with Crippen molar-refractivity contribution in [2.24, 2.45) is 0 Å². The maximum Gasteiger partial charge on any atom is 0.309 e. The second-order valence-electron chi connectivity index (χ2n) is 4.60. The lowest BCUT2D eigenvalue weighted by Gasteiger charge is -2.33. The maximum atomic E-state index is 12.1. The standard InChI is InChI=1S/C10H19N5O2S/c1-12(2)18(16,17)15-5-4-11-10(15)14-8-6-13(3)7-9-14/h4-5H,6-9H2,1-3H3. The van der Waals surface area contributed by atoms with Crippen LogP contribution in [-0.4, -0.2) is 73.9 Å². The molecule has 0 amide bonds. The Morgan fingerprint density at radius 3 is 2.39 bits per heavy atom. The molecule has 0 atom stereocenters. The van der Waals surface area contributed by atoms with Crippen molar-refractivity contribution in [1.82, 2.24) is 18.2 Å². The topological polar surface area (TPSA) is 61.7 Å². The van der Waals surface area contributed by atoms with Crippen molar-refractivity contribution in [1.29, 1.82) is 0 Å². The van der Waals surface area contributed by atoms with Crippen LogP contribution < -0.4 is 4.90 Å². The summed E-state index contributed by atoms with van der Waals surface area (Å²) in [5.74, 6) is 0.497. The molecule has 8 heteroatoms. The first-order chi connectivity index (χ1) is 8.43. The third kappa shape index (κ3) is 2.36. The summed E-state index contributed by atoms with van der Waals surface area (Å²) in [5, 5.41) is 0. The van der Waals surface area contributed by atoms with Gasteiger partial charge in [0, 0.05) is 52.7 Å². The van der Waals surface area contributed by atoms with Gasteiger partial charge in [0.1, 0.15) is 0 Å². The van der Waals surface area contributed by atoms with Gasteiger partial charge in [-0.25, -0.2) is 4.98 Å². The third-order valence-electron chi connectivity index (χ3n) is 3.09. The lowest BCUT2D eigenvalue weighted by Crippen LogP contribution is -2.46. The molecule has 0 N–H and O–H groups in total. The Hall–Kier alpha value is -1.12. The summed E-state index contributed by atoms with van der Waals surface area (Å²) in [5.41, 5.74) is 0. The molecule has 1 aromatic heterocycles. The summed E-state index contributed by atoms with van der Waals surface area (Å²) in [6.07, 6.45) is 3.01. The van der Waals surface area contributed by atoms with Crippen LogP contribution in [0.2, 0.25) is 0 Å². The number of piperazine rings is 1. The monoisotopic (exact) mass is 273 g/mol. The van der Waals surface area contributed by atoms with E-state index in [0.717, 1.165) is 26.2 Å². The molecule has 1 aliphatic heterocycles. The second kappa shape index (κ2) is 4.87. The number of aromatic nitrogens is 2. The van der Waals surface area contributed by atoms with Crippen LogP contribution in [-0.2, 0) is 10.2 Å². The molecular formula is C10H19N5O2S. The minimum atomic E-state index is -3.49. The second-order valence-corrected chi connectivity index (χ2v) is 6.62. The van der Waals surface area contributed by atoms with Gasteiger partial charge >= 0.3 is 10.2 Å². The summed E-state index contributed by atoms with van der Waals surface area (Å²) >= 11 is 0. The summed E-state index contributed by atoms with van der Waals surface area (Å²) in [4.78, 5) is 8.39. The number of hydrogen-bond acceptors (Lipinski definition) is 5. The van der Waals surface area contributed by atoms with Gasteiger partial charge in [0.2, 0.25) is 5.95 Å². The summed E-state index contributed by atoms with van der Waals surface area (Å²) in [7, 11) is 1.60. The number of rotatable bonds is 3. The lowest BCUT2D eigenvalue weighted by molar-refractivity contribution is 0.311. The predicted octanol–water partition coefficient (Wildman–Crippen LogP) is -0.711. The first-order valence-corrected chi connectivity index (χ1v) is 7.22. The highest BCUT2D eigenvalue weighted by atomic mass is 32.2. The van der Waals surface area contributed by atoms with Gasteiger partial charge < -0.3 is 9.80 Å². The van der Waals surface area contributed by atoms with Crippen LogP contribution in [0.15, 0.2) is 12.4 Å². The van der Waals surface area contributed by atoms with Gasteiger partial charge in [-0.1, -0.05) is 0 Å². The van der Waals surface area contributed by atoms with E-state index in [1.54, 1.807) is 0 Å². The lowest BCUT2D eigenvalue weighted by atomic mass is 10.3. The van der Waals surface area contributed by atoms with Gasteiger partial charge in [0.25, 0.3) is 0 Å². The summed E-state index contributed by atoms with van der Waals surface area (Å²) < 4.78 is 26.7. The van der Waals surface area contributed by atoms with Crippen molar-refractivity contribution in [2.75, 3.05) is 52.2 Å². The number of imidazole rings is 1. The first kappa shape index (κ1) is 13.3. The largest absolute Gasteiger partial charge is 0.339 e. The predicted molar refractivity (Wildman–Crippen MR) is 69.9 cm³/mol. The van der Waals surface area contributed by atoms with Crippen molar-refractivity contribution >= 4 is 16.2 Å². The van der Waals surface area contributed by atoms with Crippen LogP contribution in [0.3, 0.4) is 0 Å². The average Bonchev–Trinajstić information content (AvgIpc) is 2.79. The molecular weight excluding hydrogens is 254 g/mol. The van der Waals surface area contributed by atoms with Crippen LogP contribution in [0.1, 0.15) is 0 Å². The van der Waals surface area contributed by atoms with Gasteiger partial charge in [-0.05, 0) is 7.05 Å². The smallest absolute Gasteiger partial charge is 0.309 e. The fourth-order valence-electron chi connectivity index (χ4n) is 1.87. The Labute approximate surface area is 108 Å². The Kier molecular flexibility index (Phi) is 3.60. The SMILES string of the molecule is CN1CCN(c2nccn2S(=O)(=O)N(C)C)CC1. The molecule has 1 saturated heterocycles. The molecule has 2 heterocycles. The Bertz CT molecular complexity index is 502. The molecule has 0 aliphatic carbocycles. The number of nitrogens with zero attached hydrogens (tertiary/aromatic N) is 5. The van der Waals surface area contributed by atoms with Crippen molar-refractivity contribution in [3.63, 3.8) is 0 Å². The molecule has 0 unspecified atom stereocenters. The van der Waals surface area contributed by atoms with Crippen LogP contribution in [0, 0.1) is 0 Å². The molecule has 1 aromatic rings. The summed E-state index contributed by atoms with van der Waals surface area (Å²) in [6.45, 7) is 3.40. The fourth-order valence-corrected chi connectivity index (χ4v) is 2.80. The zero-order chi connectivity index (χ0) is 13.3. The van der Waals surface area contributed by atoms with E-state index in [-0.39, 0.29) is 0 Å². The van der Waals surface area contributed by atoms with Crippen molar-refractivity contribution in [3.05, 3.63) is 12.4 Å². The maximum absolute atomic E-state index is 12.1.